The second-order valence-electron chi connectivity index (χ2n) is 8.77. The molecule has 0 spiro atoms. The van der Waals surface area contributed by atoms with Gasteiger partial charge < -0.3 is 19.0 Å². The summed E-state index contributed by atoms with van der Waals surface area (Å²) in [4.78, 5) is 18.0. The molecule has 0 saturated carbocycles. The number of hydrogen-bond acceptors (Lipinski definition) is 5. The van der Waals surface area contributed by atoms with Gasteiger partial charge in [0.2, 0.25) is 0 Å². The van der Waals surface area contributed by atoms with Crippen molar-refractivity contribution in [3.05, 3.63) is 83.7 Å². The van der Waals surface area contributed by atoms with E-state index in [2.05, 4.69) is 29.2 Å². The number of para-hydroxylation sites is 2. The van der Waals surface area contributed by atoms with E-state index in [9.17, 15) is 4.79 Å². The van der Waals surface area contributed by atoms with Crippen LogP contribution in [0.3, 0.4) is 0 Å². The lowest BCUT2D eigenvalue weighted by Crippen LogP contribution is -2.49. The number of carbonyl (C=O) groups is 1. The van der Waals surface area contributed by atoms with E-state index < -0.39 is 0 Å². The van der Waals surface area contributed by atoms with E-state index in [1.54, 1.807) is 10.9 Å². The molecule has 4 aromatic rings. The summed E-state index contributed by atoms with van der Waals surface area (Å²) in [6, 6.07) is 19.8. The molecule has 1 aliphatic rings. The van der Waals surface area contributed by atoms with E-state index in [0.29, 0.717) is 36.8 Å². The van der Waals surface area contributed by atoms with E-state index in [-0.39, 0.29) is 5.91 Å². The van der Waals surface area contributed by atoms with Gasteiger partial charge in [-0.1, -0.05) is 24.3 Å². The van der Waals surface area contributed by atoms with Gasteiger partial charge in [0.05, 0.1) is 24.2 Å². The topological polar surface area (TPSA) is 63.7 Å². The van der Waals surface area contributed by atoms with Crippen LogP contribution in [-0.2, 0) is 0 Å². The number of benzene rings is 2. The summed E-state index contributed by atoms with van der Waals surface area (Å²) in [5.74, 6) is 1.49. The number of aryl methyl sites for hydroxylation is 2. The molecule has 3 heterocycles. The maximum absolute atomic E-state index is 13.8. The average Bonchev–Trinajstić information content (AvgIpc) is 3.56. The second-order valence-corrected chi connectivity index (χ2v) is 8.77. The van der Waals surface area contributed by atoms with Crippen molar-refractivity contribution < 1.29 is 13.9 Å². The van der Waals surface area contributed by atoms with Crippen LogP contribution >= 0.6 is 0 Å². The molecule has 0 unspecified atom stereocenters. The molecule has 5 rings (SSSR count). The van der Waals surface area contributed by atoms with Gasteiger partial charge in [0.1, 0.15) is 17.1 Å². The quantitative estimate of drug-likeness (QED) is 0.392. The van der Waals surface area contributed by atoms with Crippen LogP contribution in [0.25, 0.3) is 17.1 Å². The maximum Gasteiger partial charge on any atom is 0.272 e. The molecule has 0 radical (unpaired) electrons. The standard InChI is InChI=1S/C28H30N4O3/c1-4-34-27-9-6-5-8-23(27)30-13-15-31(16-14-30)28(33)25-19-22(26-10-7-17-35-26)29-32(25)24-18-20(2)11-12-21(24)3/h5-12,17-19H,4,13-16H2,1-3H3. The highest BCUT2D eigenvalue weighted by atomic mass is 16.5. The summed E-state index contributed by atoms with van der Waals surface area (Å²) < 4.78 is 13.2. The minimum Gasteiger partial charge on any atom is -0.492 e. The Hall–Kier alpha value is -4.00. The Morgan fingerprint density at radius 2 is 1.77 bits per heavy atom. The molecule has 1 fully saturated rings. The summed E-state index contributed by atoms with van der Waals surface area (Å²) in [6.07, 6.45) is 1.62. The molecular formula is C28H30N4O3. The predicted molar refractivity (Wildman–Crippen MR) is 136 cm³/mol. The predicted octanol–water partition coefficient (Wildman–Crippen LogP) is 5.11. The first-order valence-electron chi connectivity index (χ1n) is 12.0. The fourth-order valence-corrected chi connectivity index (χ4v) is 4.52. The van der Waals surface area contributed by atoms with Crippen molar-refractivity contribution in [2.75, 3.05) is 37.7 Å². The molecule has 7 nitrogen and oxygen atoms in total. The summed E-state index contributed by atoms with van der Waals surface area (Å²) in [5.41, 5.74) is 5.31. The highest BCUT2D eigenvalue weighted by Gasteiger charge is 2.28. The lowest BCUT2D eigenvalue weighted by molar-refractivity contribution is 0.0737. The molecule has 35 heavy (non-hydrogen) atoms. The van der Waals surface area contributed by atoms with E-state index in [0.717, 1.165) is 41.3 Å². The number of ether oxygens (including phenoxy) is 1. The zero-order chi connectivity index (χ0) is 24.4. The number of amides is 1. The van der Waals surface area contributed by atoms with Gasteiger partial charge in [0, 0.05) is 32.2 Å². The van der Waals surface area contributed by atoms with Crippen molar-refractivity contribution in [2.24, 2.45) is 0 Å². The molecule has 0 atom stereocenters. The minimum absolute atomic E-state index is 0.0334. The Bertz CT molecular complexity index is 1320. The lowest BCUT2D eigenvalue weighted by Gasteiger charge is -2.36. The zero-order valence-corrected chi connectivity index (χ0v) is 20.4. The van der Waals surface area contributed by atoms with Crippen molar-refractivity contribution >= 4 is 11.6 Å². The molecule has 2 aromatic heterocycles. The van der Waals surface area contributed by atoms with Crippen LogP contribution in [0.5, 0.6) is 5.75 Å². The summed E-state index contributed by atoms with van der Waals surface area (Å²) in [6.45, 7) is 9.39. The Balaban J connectivity index is 1.42. The Kier molecular flexibility index (Phi) is 6.31. The third kappa shape index (κ3) is 4.54. The van der Waals surface area contributed by atoms with E-state index >= 15 is 0 Å². The average molecular weight is 471 g/mol. The first-order valence-corrected chi connectivity index (χ1v) is 12.0. The molecular weight excluding hydrogens is 440 g/mol. The Morgan fingerprint density at radius 1 is 0.971 bits per heavy atom. The molecule has 7 heteroatoms. The van der Waals surface area contributed by atoms with Gasteiger partial charge in [0.25, 0.3) is 5.91 Å². The van der Waals surface area contributed by atoms with Gasteiger partial charge in [-0.15, -0.1) is 0 Å². The number of anilines is 1. The normalized spacial score (nSPS) is 13.8. The molecule has 2 aromatic carbocycles. The monoisotopic (exact) mass is 470 g/mol. The maximum atomic E-state index is 13.8. The van der Waals surface area contributed by atoms with E-state index in [1.165, 1.54) is 0 Å². The number of rotatable bonds is 6. The number of aromatic nitrogens is 2. The van der Waals surface area contributed by atoms with Gasteiger partial charge in [-0.25, -0.2) is 4.68 Å². The van der Waals surface area contributed by atoms with Crippen LogP contribution in [0.15, 0.2) is 71.3 Å². The highest BCUT2D eigenvalue weighted by molar-refractivity contribution is 5.94. The molecule has 180 valence electrons. The Labute approximate surface area is 205 Å². The lowest BCUT2D eigenvalue weighted by atomic mass is 10.1. The van der Waals surface area contributed by atoms with Crippen LogP contribution in [0.2, 0.25) is 0 Å². The first kappa shape index (κ1) is 22.8. The van der Waals surface area contributed by atoms with Crippen LogP contribution in [-0.4, -0.2) is 53.4 Å². The molecule has 1 amide bonds. The Morgan fingerprint density at radius 3 is 2.51 bits per heavy atom. The van der Waals surface area contributed by atoms with Crippen LogP contribution in [0, 0.1) is 13.8 Å². The van der Waals surface area contributed by atoms with E-state index in [1.807, 2.05) is 62.1 Å². The summed E-state index contributed by atoms with van der Waals surface area (Å²) in [7, 11) is 0. The summed E-state index contributed by atoms with van der Waals surface area (Å²) in [5, 5.41) is 4.78. The number of carbonyl (C=O) groups excluding carboxylic acids is 1. The zero-order valence-electron chi connectivity index (χ0n) is 20.4. The molecule has 1 saturated heterocycles. The number of nitrogens with zero attached hydrogens (tertiary/aromatic N) is 4. The SMILES string of the molecule is CCOc1ccccc1N1CCN(C(=O)c2cc(-c3ccco3)nn2-c2cc(C)ccc2C)CC1. The second kappa shape index (κ2) is 9.70. The third-order valence-corrected chi connectivity index (χ3v) is 6.37. The van der Waals surface area contributed by atoms with Crippen LogP contribution < -0.4 is 9.64 Å². The van der Waals surface area contributed by atoms with Gasteiger partial charge in [0.15, 0.2) is 5.76 Å². The molecule has 0 N–H and O–H groups in total. The molecule has 0 aliphatic carbocycles. The van der Waals surface area contributed by atoms with E-state index in [4.69, 9.17) is 14.3 Å². The van der Waals surface area contributed by atoms with Gasteiger partial charge in [-0.3, -0.25) is 4.79 Å². The molecule has 1 aliphatic heterocycles. The fraction of sp³-hybridized carbons (Fsp3) is 0.286. The van der Waals surface area contributed by atoms with Crippen molar-refractivity contribution in [3.63, 3.8) is 0 Å². The van der Waals surface area contributed by atoms with Crippen molar-refractivity contribution in [1.82, 2.24) is 14.7 Å². The first-order chi connectivity index (χ1) is 17.0. The number of furan rings is 1. The fourth-order valence-electron chi connectivity index (χ4n) is 4.52. The minimum atomic E-state index is -0.0334. The number of hydrogen-bond donors (Lipinski definition) is 0. The molecule has 0 bridgehead atoms. The van der Waals surface area contributed by atoms with Crippen molar-refractivity contribution in [3.8, 4) is 22.9 Å². The van der Waals surface area contributed by atoms with Gasteiger partial charge in [-0.2, -0.15) is 5.10 Å². The van der Waals surface area contributed by atoms with Crippen LogP contribution in [0.1, 0.15) is 28.5 Å². The smallest absolute Gasteiger partial charge is 0.272 e. The van der Waals surface area contributed by atoms with Gasteiger partial charge in [-0.05, 0) is 62.2 Å². The van der Waals surface area contributed by atoms with Gasteiger partial charge >= 0.3 is 0 Å². The van der Waals surface area contributed by atoms with Crippen molar-refractivity contribution in [2.45, 2.75) is 20.8 Å². The summed E-state index contributed by atoms with van der Waals surface area (Å²) >= 11 is 0. The largest absolute Gasteiger partial charge is 0.492 e. The van der Waals surface area contributed by atoms with Crippen LogP contribution in [0.4, 0.5) is 5.69 Å². The van der Waals surface area contributed by atoms with Crippen molar-refractivity contribution in [1.29, 1.82) is 0 Å². The number of piperazine rings is 1. The highest BCUT2D eigenvalue weighted by Crippen LogP contribution is 2.30. The third-order valence-electron chi connectivity index (χ3n) is 6.37.